The van der Waals surface area contributed by atoms with Crippen molar-refractivity contribution in [1.29, 1.82) is 0 Å². The van der Waals surface area contributed by atoms with Gasteiger partial charge in [-0.2, -0.15) is 11.3 Å². The van der Waals surface area contributed by atoms with Crippen molar-refractivity contribution in [1.82, 2.24) is 5.32 Å². The maximum Gasteiger partial charge on any atom is 0.118 e. The maximum absolute atomic E-state index is 5.11. The fourth-order valence-electron chi connectivity index (χ4n) is 1.49. The number of rotatable bonds is 5. The third kappa shape index (κ3) is 4.38. The second-order valence-electron chi connectivity index (χ2n) is 3.58. The number of ether oxygens (including phenoxy) is 1. The summed E-state index contributed by atoms with van der Waals surface area (Å²) in [7, 11) is 1.68. The second-order valence-corrected chi connectivity index (χ2v) is 4.36. The van der Waals surface area contributed by atoms with E-state index >= 15 is 0 Å². The molecule has 0 bridgehead atoms. The van der Waals surface area contributed by atoms with Crippen molar-refractivity contribution in [3.8, 4) is 5.75 Å². The zero-order chi connectivity index (χ0) is 11.2. The van der Waals surface area contributed by atoms with Crippen LogP contribution in [0, 0.1) is 0 Å². The highest BCUT2D eigenvalue weighted by atomic mass is 35.5. The molecule has 0 aliphatic heterocycles. The molecule has 1 N–H and O–H groups in total. The lowest BCUT2D eigenvalue weighted by molar-refractivity contribution is -0.00000353. The van der Waals surface area contributed by atoms with E-state index in [0.29, 0.717) is 0 Å². The molecule has 0 amide bonds. The first-order valence-electron chi connectivity index (χ1n) is 5.23. The van der Waals surface area contributed by atoms with Crippen LogP contribution in [0.1, 0.15) is 11.1 Å². The summed E-state index contributed by atoms with van der Waals surface area (Å²) in [6.07, 6.45) is 0. The summed E-state index contributed by atoms with van der Waals surface area (Å²) in [6, 6.07) is 10.3. The number of halogens is 1. The minimum absolute atomic E-state index is 0. The van der Waals surface area contributed by atoms with Crippen molar-refractivity contribution >= 4 is 11.3 Å². The van der Waals surface area contributed by atoms with E-state index in [2.05, 4.69) is 34.3 Å². The Morgan fingerprint density at radius 1 is 1.06 bits per heavy atom. The lowest BCUT2D eigenvalue weighted by Gasteiger charge is -2.04. The fraction of sp³-hybridized carbons (Fsp3) is 0.231. The fourth-order valence-corrected chi connectivity index (χ4v) is 2.16. The van der Waals surface area contributed by atoms with Gasteiger partial charge < -0.3 is 22.5 Å². The molecule has 0 radical (unpaired) electrons. The molecule has 0 atom stereocenters. The van der Waals surface area contributed by atoms with Crippen molar-refractivity contribution in [3.05, 3.63) is 52.2 Å². The molecule has 1 aromatic heterocycles. The highest BCUT2D eigenvalue weighted by molar-refractivity contribution is 7.07. The Morgan fingerprint density at radius 3 is 2.35 bits per heavy atom. The van der Waals surface area contributed by atoms with Gasteiger partial charge in [0.2, 0.25) is 0 Å². The Bertz CT molecular complexity index is 413. The van der Waals surface area contributed by atoms with Gasteiger partial charge in [-0.3, -0.25) is 0 Å². The van der Waals surface area contributed by atoms with Gasteiger partial charge in [-0.15, -0.1) is 0 Å². The summed E-state index contributed by atoms with van der Waals surface area (Å²) < 4.78 is 5.11. The van der Waals surface area contributed by atoms with Crippen LogP contribution in [0.5, 0.6) is 5.75 Å². The van der Waals surface area contributed by atoms with Crippen LogP contribution in [0.3, 0.4) is 0 Å². The molecule has 1 aromatic carbocycles. The van der Waals surface area contributed by atoms with Gasteiger partial charge in [0.05, 0.1) is 7.11 Å². The summed E-state index contributed by atoms with van der Waals surface area (Å²) >= 11 is 1.73. The maximum atomic E-state index is 5.11. The molecular weight excluding hydrogens is 254 g/mol. The molecule has 0 fully saturated rings. The summed E-state index contributed by atoms with van der Waals surface area (Å²) in [4.78, 5) is 0. The minimum Gasteiger partial charge on any atom is -1.00 e. The normalized spacial score (nSPS) is 9.71. The molecule has 0 saturated carbocycles. The van der Waals surface area contributed by atoms with Crippen LogP contribution in [-0.4, -0.2) is 7.11 Å². The Kier molecular flexibility index (Phi) is 6.05. The lowest BCUT2D eigenvalue weighted by atomic mass is 10.2. The molecule has 2 aromatic rings. The molecule has 0 unspecified atom stereocenters. The van der Waals surface area contributed by atoms with Gasteiger partial charge in [0.25, 0.3) is 0 Å². The van der Waals surface area contributed by atoms with E-state index in [1.165, 1.54) is 11.1 Å². The Balaban J connectivity index is 0.00000144. The van der Waals surface area contributed by atoms with Crippen LogP contribution in [0.25, 0.3) is 0 Å². The Morgan fingerprint density at radius 2 is 1.76 bits per heavy atom. The standard InChI is InChI=1S/C13H15NOS.ClH/c1-15-13-4-2-11(3-5-13)8-14-9-12-6-7-16-10-12;/h2-7,10,14H,8-9H2,1H3;1H/p-1. The van der Waals surface area contributed by atoms with Crippen molar-refractivity contribution in [3.63, 3.8) is 0 Å². The van der Waals surface area contributed by atoms with Crippen LogP contribution < -0.4 is 22.5 Å². The molecule has 0 spiro atoms. The zero-order valence-corrected chi connectivity index (χ0v) is 11.2. The first-order valence-corrected chi connectivity index (χ1v) is 6.17. The van der Waals surface area contributed by atoms with E-state index in [9.17, 15) is 0 Å². The van der Waals surface area contributed by atoms with Gasteiger partial charge in [0.1, 0.15) is 5.75 Å². The van der Waals surface area contributed by atoms with Crippen LogP contribution in [0.15, 0.2) is 41.1 Å². The van der Waals surface area contributed by atoms with Gasteiger partial charge in [-0.25, -0.2) is 0 Å². The van der Waals surface area contributed by atoms with E-state index in [1.54, 1.807) is 18.4 Å². The van der Waals surface area contributed by atoms with E-state index in [1.807, 2.05) is 12.1 Å². The van der Waals surface area contributed by atoms with E-state index in [-0.39, 0.29) is 12.4 Å². The summed E-state index contributed by atoms with van der Waals surface area (Å²) in [6.45, 7) is 1.81. The van der Waals surface area contributed by atoms with E-state index < -0.39 is 0 Å². The Hall–Kier alpha value is -1.03. The lowest BCUT2D eigenvalue weighted by Crippen LogP contribution is -3.00. The number of hydrogen-bond acceptors (Lipinski definition) is 3. The molecule has 0 aliphatic carbocycles. The Labute approximate surface area is 112 Å². The van der Waals surface area contributed by atoms with Gasteiger partial charge >= 0.3 is 0 Å². The van der Waals surface area contributed by atoms with Gasteiger partial charge in [-0.05, 0) is 40.1 Å². The molecule has 2 rings (SSSR count). The number of thiophene rings is 1. The van der Waals surface area contributed by atoms with Crippen molar-refractivity contribution in [2.45, 2.75) is 13.1 Å². The zero-order valence-electron chi connectivity index (χ0n) is 9.65. The average Bonchev–Trinajstić information content (AvgIpc) is 2.83. The third-order valence-corrected chi connectivity index (χ3v) is 3.13. The monoisotopic (exact) mass is 268 g/mol. The quantitative estimate of drug-likeness (QED) is 0.828. The number of nitrogens with one attached hydrogen (secondary N) is 1. The van der Waals surface area contributed by atoms with Crippen molar-refractivity contribution in [2.75, 3.05) is 7.11 Å². The highest BCUT2D eigenvalue weighted by Gasteiger charge is 1.95. The first-order chi connectivity index (χ1) is 7.88. The van der Waals surface area contributed by atoms with E-state index in [4.69, 9.17) is 4.74 Å². The molecule has 1 heterocycles. The molecule has 0 aliphatic rings. The van der Waals surface area contributed by atoms with Gasteiger partial charge in [0.15, 0.2) is 0 Å². The largest absolute Gasteiger partial charge is 1.00 e. The van der Waals surface area contributed by atoms with Crippen LogP contribution in [0.4, 0.5) is 0 Å². The minimum atomic E-state index is 0. The van der Waals surface area contributed by atoms with Crippen LogP contribution in [-0.2, 0) is 13.1 Å². The van der Waals surface area contributed by atoms with Crippen LogP contribution >= 0.6 is 11.3 Å². The molecule has 2 nitrogen and oxygen atoms in total. The molecule has 92 valence electrons. The third-order valence-electron chi connectivity index (χ3n) is 2.40. The van der Waals surface area contributed by atoms with Gasteiger partial charge in [0, 0.05) is 13.1 Å². The summed E-state index contributed by atoms with van der Waals surface area (Å²) in [5, 5.41) is 7.68. The van der Waals surface area contributed by atoms with Crippen molar-refractivity contribution < 1.29 is 17.1 Å². The molecule has 4 heteroatoms. The van der Waals surface area contributed by atoms with E-state index in [0.717, 1.165) is 18.8 Å². The number of methoxy groups -OCH3 is 1. The summed E-state index contributed by atoms with van der Waals surface area (Å²) in [5.41, 5.74) is 2.62. The first kappa shape index (κ1) is 14.0. The second kappa shape index (κ2) is 7.33. The smallest absolute Gasteiger partial charge is 0.118 e. The summed E-state index contributed by atoms with van der Waals surface area (Å²) in [5.74, 6) is 0.904. The molecule has 0 saturated heterocycles. The molecule has 17 heavy (non-hydrogen) atoms. The predicted molar refractivity (Wildman–Crippen MR) is 67.9 cm³/mol. The average molecular weight is 269 g/mol. The highest BCUT2D eigenvalue weighted by Crippen LogP contribution is 2.11. The predicted octanol–water partition coefficient (Wildman–Crippen LogP) is 0.0505. The van der Waals surface area contributed by atoms with Crippen molar-refractivity contribution in [2.24, 2.45) is 0 Å². The SMILES string of the molecule is COc1ccc(CNCc2ccsc2)cc1.[Cl-]. The van der Waals surface area contributed by atoms with Gasteiger partial charge in [-0.1, -0.05) is 12.1 Å². The topological polar surface area (TPSA) is 21.3 Å². The number of benzene rings is 1. The molecular formula is C13H15ClNOS-. The number of hydrogen-bond donors (Lipinski definition) is 1. The van der Waals surface area contributed by atoms with Crippen LogP contribution in [0.2, 0.25) is 0 Å².